The topological polar surface area (TPSA) is 9.23 Å². The number of ether oxygens (including phenoxy) is 1. The van der Waals surface area contributed by atoms with Gasteiger partial charge in [0.05, 0.1) is 11.0 Å². The molecule has 200 valence electrons. The summed E-state index contributed by atoms with van der Waals surface area (Å²) in [6.45, 7) is 0. The summed E-state index contributed by atoms with van der Waals surface area (Å²) in [5.41, 5.74) is 5.59. The van der Waals surface area contributed by atoms with Crippen molar-refractivity contribution in [2.45, 2.75) is 0 Å². The van der Waals surface area contributed by atoms with Gasteiger partial charge < -0.3 is 4.74 Å². The van der Waals surface area contributed by atoms with E-state index in [0.29, 0.717) is 22.3 Å². The van der Waals surface area contributed by atoms with Crippen molar-refractivity contribution in [1.82, 2.24) is 0 Å². The maximum absolute atomic E-state index is 9.23. The van der Waals surface area contributed by atoms with Gasteiger partial charge in [0.25, 0.3) is 0 Å². The summed E-state index contributed by atoms with van der Waals surface area (Å²) in [6, 6.07) is 31.8. The first-order valence-electron chi connectivity index (χ1n) is 18.1. The van der Waals surface area contributed by atoms with Gasteiger partial charge in [0.2, 0.25) is 0 Å². The molecule has 0 fully saturated rings. The van der Waals surface area contributed by atoms with Crippen molar-refractivity contribution >= 4 is 32.3 Å². The summed E-state index contributed by atoms with van der Waals surface area (Å²) in [4.78, 5) is 0. The number of benzene rings is 8. The second-order valence-electron chi connectivity index (χ2n) is 10.6. The lowest BCUT2D eigenvalue weighted by atomic mass is 9.85. The minimum Gasteiger partial charge on any atom is -0.456 e. The SMILES string of the molecule is [2H]c1c([2H])c([2H])c2c(-c3cccc(-c4ccc5c6c(cccc46)Oc4ccccc4-5)c3)c3c([2H])c([2H])c([2H])c([2H])c3c(-c3ccccc3)c2c1[2H]. The van der Waals surface area contributed by atoms with Gasteiger partial charge >= 0.3 is 0 Å². The molecular weight excluding hydrogens is 520 g/mol. The molecule has 0 aliphatic carbocycles. The van der Waals surface area contributed by atoms with Crippen LogP contribution in [0.5, 0.6) is 11.5 Å². The standard InChI is InChI=1S/C42H26O/c1-2-12-27(13-3-1)40-33-17-4-6-19-35(33)41(36-20-7-5-18-34(36)40)29-15-10-14-28(26-29)30-24-25-37-31-16-8-9-22-38(31)43-39-23-11-21-32(30)42(37)39/h1-26H/i4D,5D,6D,7D,17D,18D,19D,20D. The molecule has 8 aromatic carbocycles. The molecular formula is C42H26O. The van der Waals surface area contributed by atoms with E-state index < -0.39 is 24.2 Å². The first kappa shape index (κ1) is 17.3. The third-order valence-corrected chi connectivity index (χ3v) is 8.30. The molecule has 0 amide bonds. The zero-order valence-corrected chi connectivity index (χ0v) is 22.8. The fraction of sp³-hybridized carbons (Fsp3) is 0. The monoisotopic (exact) mass is 554 g/mol. The lowest BCUT2D eigenvalue weighted by Crippen LogP contribution is -1.97. The fourth-order valence-corrected chi connectivity index (χ4v) is 6.48. The van der Waals surface area contributed by atoms with Crippen molar-refractivity contribution in [1.29, 1.82) is 0 Å². The van der Waals surface area contributed by atoms with Crippen molar-refractivity contribution in [3.8, 4) is 56.0 Å². The van der Waals surface area contributed by atoms with Gasteiger partial charge in [-0.05, 0) is 84.1 Å². The van der Waals surface area contributed by atoms with Crippen LogP contribution in [0.2, 0.25) is 0 Å². The van der Waals surface area contributed by atoms with Crippen LogP contribution in [0.3, 0.4) is 0 Å². The minimum absolute atomic E-state index is 0.191. The predicted molar refractivity (Wildman–Crippen MR) is 181 cm³/mol. The van der Waals surface area contributed by atoms with Gasteiger partial charge in [0.15, 0.2) is 0 Å². The summed E-state index contributed by atoms with van der Waals surface area (Å²) in [6.07, 6.45) is 0. The molecule has 1 aliphatic rings. The Kier molecular flexibility index (Phi) is 3.80. The van der Waals surface area contributed by atoms with Crippen molar-refractivity contribution in [2.75, 3.05) is 0 Å². The number of para-hydroxylation sites is 1. The summed E-state index contributed by atoms with van der Waals surface area (Å²) < 4.78 is 77.8. The third kappa shape index (κ3) is 3.65. The maximum atomic E-state index is 9.23. The van der Waals surface area contributed by atoms with Gasteiger partial charge in [-0.2, -0.15) is 0 Å². The highest BCUT2D eigenvalue weighted by molar-refractivity contribution is 6.21. The lowest BCUT2D eigenvalue weighted by Gasteiger charge is -2.22. The second kappa shape index (κ2) is 9.44. The highest BCUT2D eigenvalue weighted by Gasteiger charge is 2.22. The van der Waals surface area contributed by atoms with E-state index in [4.69, 9.17) is 13.0 Å². The largest absolute Gasteiger partial charge is 0.456 e. The molecule has 9 rings (SSSR count). The van der Waals surface area contributed by atoms with Crippen LogP contribution in [-0.2, 0) is 0 Å². The fourth-order valence-electron chi connectivity index (χ4n) is 6.48. The van der Waals surface area contributed by atoms with E-state index >= 15 is 0 Å². The molecule has 0 spiro atoms. The molecule has 0 bridgehead atoms. The minimum atomic E-state index is -0.423. The highest BCUT2D eigenvalue weighted by Crippen LogP contribution is 2.49. The Balaban J connectivity index is 1.42. The van der Waals surface area contributed by atoms with Crippen molar-refractivity contribution < 1.29 is 15.7 Å². The van der Waals surface area contributed by atoms with Crippen LogP contribution in [-0.4, -0.2) is 0 Å². The van der Waals surface area contributed by atoms with Gasteiger partial charge in [-0.1, -0.05) is 139 Å². The maximum Gasteiger partial charge on any atom is 0.135 e. The average Bonchev–Trinajstić information content (AvgIpc) is 3.17. The molecule has 0 saturated carbocycles. The van der Waals surface area contributed by atoms with Gasteiger partial charge in [0.1, 0.15) is 11.5 Å². The zero-order chi connectivity index (χ0) is 35.3. The highest BCUT2D eigenvalue weighted by atomic mass is 16.5. The van der Waals surface area contributed by atoms with Crippen LogP contribution < -0.4 is 4.74 Å². The normalized spacial score (nSPS) is 14.5. The lowest BCUT2D eigenvalue weighted by molar-refractivity contribution is 0.487. The molecule has 0 aromatic heterocycles. The molecule has 0 unspecified atom stereocenters. The zero-order valence-electron chi connectivity index (χ0n) is 30.8. The molecule has 43 heavy (non-hydrogen) atoms. The molecule has 0 atom stereocenters. The summed E-state index contributed by atoms with van der Waals surface area (Å²) in [5.74, 6) is 1.54. The van der Waals surface area contributed by atoms with Gasteiger partial charge in [-0.3, -0.25) is 0 Å². The number of fused-ring (bicyclic) bond motifs is 4. The Morgan fingerprint density at radius 2 is 0.953 bits per heavy atom. The summed E-state index contributed by atoms with van der Waals surface area (Å²) >= 11 is 0. The quantitative estimate of drug-likeness (QED) is 0.197. The predicted octanol–water partition coefficient (Wildman–Crippen LogP) is 11.9. The Morgan fingerprint density at radius 1 is 0.395 bits per heavy atom. The van der Waals surface area contributed by atoms with E-state index in [2.05, 4.69) is 12.1 Å². The van der Waals surface area contributed by atoms with E-state index in [1.54, 1.807) is 24.3 Å². The number of hydrogen-bond acceptors (Lipinski definition) is 1. The third-order valence-electron chi connectivity index (χ3n) is 8.30. The summed E-state index contributed by atoms with van der Waals surface area (Å²) in [7, 11) is 0. The van der Waals surface area contributed by atoms with Crippen LogP contribution >= 0.6 is 0 Å². The van der Waals surface area contributed by atoms with Crippen LogP contribution in [0.1, 0.15) is 11.0 Å². The average molecular weight is 555 g/mol. The summed E-state index contributed by atoms with van der Waals surface area (Å²) in [5, 5.41) is 2.72. The Bertz CT molecular complexity index is 2730. The second-order valence-corrected chi connectivity index (χ2v) is 10.6. The van der Waals surface area contributed by atoms with Crippen molar-refractivity contribution in [3.05, 3.63) is 158 Å². The van der Waals surface area contributed by atoms with Crippen LogP contribution in [0, 0.1) is 0 Å². The smallest absolute Gasteiger partial charge is 0.135 e. The van der Waals surface area contributed by atoms with Gasteiger partial charge in [-0.25, -0.2) is 0 Å². The van der Waals surface area contributed by atoms with Crippen molar-refractivity contribution in [3.63, 3.8) is 0 Å². The molecule has 0 N–H and O–H groups in total. The number of rotatable bonds is 3. The van der Waals surface area contributed by atoms with E-state index in [1.165, 1.54) is 0 Å². The Labute approximate surface area is 261 Å². The number of hydrogen-bond donors (Lipinski definition) is 0. The van der Waals surface area contributed by atoms with E-state index in [-0.39, 0.29) is 45.7 Å². The van der Waals surface area contributed by atoms with E-state index in [0.717, 1.165) is 44.5 Å². The van der Waals surface area contributed by atoms with Gasteiger partial charge in [0, 0.05) is 10.9 Å². The molecule has 1 nitrogen and oxygen atoms in total. The van der Waals surface area contributed by atoms with Crippen LogP contribution in [0.25, 0.3) is 76.8 Å². The molecule has 0 radical (unpaired) electrons. The van der Waals surface area contributed by atoms with E-state index in [1.807, 2.05) is 72.8 Å². The molecule has 1 heteroatoms. The first-order valence-corrected chi connectivity index (χ1v) is 14.1. The van der Waals surface area contributed by atoms with Crippen LogP contribution in [0.15, 0.2) is 158 Å². The Hall–Kier alpha value is -5.66. The van der Waals surface area contributed by atoms with E-state index in [9.17, 15) is 2.74 Å². The molecule has 1 aliphatic heterocycles. The Morgan fingerprint density at radius 3 is 1.70 bits per heavy atom. The first-order chi connectivity index (χ1) is 24.7. The molecule has 1 heterocycles. The van der Waals surface area contributed by atoms with Gasteiger partial charge in [-0.15, -0.1) is 0 Å². The van der Waals surface area contributed by atoms with Crippen LogP contribution in [0.4, 0.5) is 0 Å². The molecule has 8 aromatic rings. The molecule has 0 saturated heterocycles. The van der Waals surface area contributed by atoms with Crippen molar-refractivity contribution in [2.24, 2.45) is 0 Å².